The van der Waals surface area contributed by atoms with Crippen molar-refractivity contribution in [3.05, 3.63) is 35.4 Å². The molecule has 0 aliphatic carbocycles. The maximum absolute atomic E-state index is 12.7. The molecule has 30 heavy (non-hydrogen) atoms. The number of rotatable bonds is 16. The van der Waals surface area contributed by atoms with Crippen LogP contribution < -0.4 is 0 Å². The van der Waals surface area contributed by atoms with E-state index in [-0.39, 0.29) is 37.6 Å². The van der Waals surface area contributed by atoms with Crippen molar-refractivity contribution in [2.75, 3.05) is 26.4 Å². The summed E-state index contributed by atoms with van der Waals surface area (Å²) in [4.78, 5) is 43.7. The molecule has 0 radical (unpaired) electrons. The molecule has 0 amide bonds. The van der Waals surface area contributed by atoms with Crippen molar-refractivity contribution in [3.63, 3.8) is 0 Å². The minimum Gasteiger partial charge on any atom is -0.280 e. The Morgan fingerprint density at radius 3 is 1.23 bits per heavy atom. The van der Waals surface area contributed by atoms with Gasteiger partial charge in [0, 0.05) is 11.1 Å². The predicted octanol–water partition coefficient (Wildman–Crippen LogP) is 4.23. The van der Waals surface area contributed by atoms with Crippen LogP contribution in [0, 0.1) is 0 Å². The van der Waals surface area contributed by atoms with Gasteiger partial charge in [0.05, 0.1) is 26.4 Å². The average Bonchev–Trinajstić information content (AvgIpc) is 2.77. The first kappa shape index (κ1) is 26.7. The standard InChI is InChI=1S/C16H24O12P2/c1-5-21-25-29(19,26-22-6-2)15(17)13-10-9-11-14(12-13)16(18)30(20,27-23-7-3)28-24-8-4/h9-12H,5-8H2,1-4H3. The summed E-state index contributed by atoms with van der Waals surface area (Å²) in [7, 11) is -9.13. The topological polar surface area (TPSA) is 142 Å². The van der Waals surface area contributed by atoms with Gasteiger partial charge in [-0.2, -0.15) is 0 Å². The molecular formula is C16H24O12P2. The molecular weight excluding hydrogens is 446 g/mol. The van der Waals surface area contributed by atoms with Crippen molar-refractivity contribution in [2.24, 2.45) is 0 Å². The van der Waals surface area contributed by atoms with Crippen LogP contribution >= 0.6 is 15.2 Å². The maximum Gasteiger partial charge on any atom is 0.455 e. The molecule has 1 rings (SSSR count). The second-order valence-corrected chi connectivity index (χ2v) is 8.51. The molecule has 0 fully saturated rings. The smallest absolute Gasteiger partial charge is 0.280 e. The SMILES string of the molecule is CCOOP(=O)(OOCC)C(=O)c1cccc(C(=O)P(=O)(OOCC)OOCC)c1. The Labute approximate surface area is 173 Å². The van der Waals surface area contributed by atoms with Gasteiger partial charge in [0.25, 0.3) is 11.0 Å². The van der Waals surface area contributed by atoms with Gasteiger partial charge >= 0.3 is 15.2 Å². The molecule has 1 aromatic rings. The quantitative estimate of drug-likeness (QED) is 0.194. The lowest BCUT2D eigenvalue weighted by atomic mass is 10.1. The highest BCUT2D eigenvalue weighted by Crippen LogP contribution is 2.53. The first-order valence-corrected chi connectivity index (χ1v) is 12.0. The Hall–Kier alpha value is -1.30. The third-order valence-corrected chi connectivity index (χ3v) is 5.65. The summed E-state index contributed by atoms with van der Waals surface area (Å²) in [5.41, 5.74) is -2.87. The van der Waals surface area contributed by atoms with Crippen LogP contribution in [0.5, 0.6) is 0 Å². The van der Waals surface area contributed by atoms with E-state index in [1.165, 1.54) is 45.9 Å². The van der Waals surface area contributed by atoms with Gasteiger partial charge in [-0.3, -0.25) is 9.59 Å². The van der Waals surface area contributed by atoms with Crippen LogP contribution in [0.2, 0.25) is 0 Å². The summed E-state index contributed by atoms with van der Waals surface area (Å²) in [6, 6.07) is 4.74. The molecule has 0 N–H and O–H groups in total. The maximum atomic E-state index is 12.7. The second kappa shape index (κ2) is 13.2. The Morgan fingerprint density at radius 2 is 0.967 bits per heavy atom. The Kier molecular flexibility index (Phi) is 11.7. The number of hydrogen-bond acceptors (Lipinski definition) is 12. The van der Waals surface area contributed by atoms with Crippen LogP contribution in [0.3, 0.4) is 0 Å². The summed E-state index contributed by atoms with van der Waals surface area (Å²) < 4.78 is 43.8. The van der Waals surface area contributed by atoms with Gasteiger partial charge in [0.15, 0.2) is 0 Å². The molecule has 0 aromatic heterocycles. The van der Waals surface area contributed by atoms with Crippen LogP contribution in [-0.2, 0) is 47.4 Å². The molecule has 0 atom stereocenters. The molecule has 0 saturated heterocycles. The lowest BCUT2D eigenvalue weighted by Crippen LogP contribution is -2.11. The van der Waals surface area contributed by atoms with Gasteiger partial charge in [-0.15, -0.1) is 18.7 Å². The van der Waals surface area contributed by atoms with Crippen LogP contribution in [0.15, 0.2) is 24.3 Å². The molecule has 0 aliphatic heterocycles. The Balaban J connectivity index is 3.22. The predicted molar refractivity (Wildman–Crippen MR) is 101 cm³/mol. The fraction of sp³-hybridized carbons (Fsp3) is 0.500. The third kappa shape index (κ3) is 7.44. The van der Waals surface area contributed by atoms with Crippen molar-refractivity contribution in [2.45, 2.75) is 27.7 Å². The fourth-order valence-electron chi connectivity index (χ4n) is 1.75. The lowest BCUT2D eigenvalue weighted by molar-refractivity contribution is -0.260. The van der Waals surface area contributed by atoms with E-state index in [4.69, 9.17) is 0 Å². The van der Waals surface area contributed by atoms with Crippen molar-refractivity contribution < 1.29 is 57.0 Å². The van der Waals surface area contributed by atoms with Crippen molar-refractivity contribution in [3.8, 4) is 0 Å². The van der Waals surface area contributed by atoms with Crippen LogP contribution in [0.25, 0.3) is 0 Å². The molecule has 170 valence electrons. The number of hydrogen-bond donors (Lipinski definition) is 0. The van der Waals surface area contributed by atoms with Gasteiger partial charge in [-0.05, 0) is 33.8 Å². The van der Waals surface area contributed by atoms with Gasteiger partial charge in [0.1, 0.15) is 0 Å². The van der Waals surface area contributed by atoms with Gasteiger partial charge in [0.2, 0.25) is 0 Å². The average molecular weight is 470 g/mol. The zero-order valence-electron chi connectivity index (χ0n) is 16.9. The van der Waals surface area contributed by atoms with E-state index < -0.39 is 26.2 Å². The number of benzene rings is 1. The van der Waals surface area contributed by atoms with E-state index in [0.717, 1.165) is 6.07 Å². The first-order chi connectivity index (χ1) is 14.3. The van der Waals surface area contributed by atoms with Crippen molar-refractivity contribution in [1.29, 1.82) is 0 Å². The normalized spacial score (nSPS) is 12.1. The molecule has 0 spiro atoms. The number of carbonyl (C=O) groups is 2. The lowest BCUT2D eigenvalue weighted by Gasteiger charge is -2.16. The summed E-state index contributed by atoms with van der Waals surface area (Å²) in [6.07, 6.45) is 0. The fourth-order valence-corrected chi connectivity index (χ4v) is 3.96. The molecule has 0 saturated carbocycles. The van der Waals surface area contributed by atoms with E-state index in [1.807, 2.05) is 0 Å². The van der Waals surface area contributed by atoms with Crippen molar-refractivity contribution in [1.82, 2.24) is 0 Å². The Bertz CT molecular complexity index is 711. The Morgan fingerprint density at radius 1 is 0.667 bits per heavy atom. The van der Waals surface area contributed by atoms with Gasteiger partial charge < -0.3 is 0 Å². The van der Waals surface area contributed by atoms with Gasteiger partial charge in [-0.1, -0.05) is 18.2 Å². The monoisotopic (exact) mass is 470 g/mol. The summed E-state index contributed by atoms with van der Waals surface area (Å²) in [5.74, 6) is 0. The molecule has 0 bridgehead atoms. The molecule has 1 aromatic carbocycles. The molecule has 0 heterocycles. The van der Waals surface area contributed by atoms with E-state index in [2.05, 4.69) is 38.2 Å². The van der Waals surface area contributed by atoms with Gasteiger partial charge in [-0.25, -0.2) is 28.7 Å². The van der Waals surface area contributed by atoms with Crippen LogP contribution in [0.4, 0.5) is 0 Å². The molecule has 0 aliphatic rings. The highest BCUT2D eigenvalue weighted by Gasteiger charge is 2.42. The van der Waals surface area contributed by atoms with E-state index in [9.17, 15) is 18.7 Å². The zero-order chi connectivity index (χ0) is 22.6. The summed E-state index contributed by atoms with van der Waals surface area (Å²) in [5, 5.41) is 0. The van der Waals surface area contributed by atoms with Crippen LogP contribution in [0.1, 0.15) is 48.4 Å². The summed E-state index contributed by atoms with van der Waals surface area (Å²) >= 11 is 0. The molecule has 12 nitrogen and oxygen atoms in total. The summed E-state index contributed by atoms with van der Waals surface area (Å²) in [6.45, 7) is 6.00. The first-order valence-electron chi connectivity index (χ1n) is 8.92. The highest BCUT2D eigenvalue weighted by molar-refractivity contribution is 7.72. The number of carbonyl (C=O) groups excluding carboxylic acids is 2. The molecule has 14 heteroatoms. The highest BCUT2D eigenvalue weighted by atomic mass is 31.2. The second-order valence-electron chi connectivity index (χ2n) is 5.11. The van der Waals surface area contributed by atoms with E-state index in [0.29, 0.717) is 0 Å². The van der Waals surface area contributed by atoms with Crippen molar-refractivity contribution >= 4 is 26.2 Å². The zero-order valence-corrected chi connectivity index (χ0v) is 18.7. The van der Waals surface area contributed by atoms with E-state index in [1.54, 1.807) is 0 Å². The minimum absolute atomic E-state index is 0.0298. The van der Waals surface area contributed by atoms with E-state index >= 15 is 0 Å². The van der Waals surface area contributed by atoms with Crippen LogP contribution in [-0.4, -0.2) is 37.5 Å². The minimum atomic E-state index is -4.57. The third-order valence-electron chi connectivity index (χ3n) is 2.93. The largest absolute Gasteiger partial charge is 0.455 e. The molecule has 0 unspecified atom stereocenters.